The smallest absolute Gasteiger partial charge is 0.0442 e. The highest BCUT2D eigenvalue weighted by atomic mass is 14.6. The number of nitrogen functional groups attached to an aromatic ring is 1. The van der Waals surface area contributed by atoms with Gasteiger partial charge in [0.1, 0.15) is 0 Å². The average molecular weight is 383 g/mol. The van der Waals surface area contributed by atoms with E-state index in [1.807, 2.05) is 0 Å². The minimum absolute atomic E-state index is 0.896. The average Bonchev–Trinajstić information content (AvgIpc) is 3.18. The van der Waals surface area contributed by atoms with Crippen LogP contribution in [0.1, 0.15) is 11.1 Å². The summed E-state index contributed by atoms with van der Waals surface area (Å²) in [6.45, 7) is 0. The summed E-state index contributed by atoms with van der Waals surface area (Å²) in [6, 6.07) is 36.7. The van der Waals surface area contributed by atoms with Crippen LogP contribution in [-0.4, -0.2) is 0 Å². The highest BCUT2D eigenvalue weighted by Gasteiger charge is 2.25. The van der Waals surface area contributed by atoms with Crippen LogP contribution in [0.15, 0.2) is 103 Å². The number of hydrogen-bond donors (Lipinski definition) is 1. The van der Waals surface area contributed by atoms with Gasteiger partial charge in [-0.3, -0.25) is 0 Å². The van der Waals surface area contributed by atoms with Gasteiger partial charge in [0.2, 0.25) is 0 Å². The van der Waals surface area contributed by atoms with Gasteiger partial charge < -0.3 is 5.73 Å². The first-order valence-electron chi connectivity index (χ1n) is 10.4. The Hall–Kier alpha value is -3.84. The SMILES string of the molecule is Nc1c2c(cc(-c3cccc4ccccc34)c1-c1ccccc1)-c1ccccc1C2. The van der Waals surface area contributed by atoms with Gasteiger partial charge in [0, 0.05) is 17.7 Å². The zero-order chi connectivity index (χ0) is 20.1. The second kappa shape index (κ2) is 6.60. The van der Waals surface area contributed by atoms with Crippen molar-refractivity contribution in [3.05, 3.63) is 114 Å². The van der Waals surface area contributed by atoms with Crippen LogP contribution in [0.4, 0.5) is 5.69 Å². The lowest BCUT2D eigenvalue weighted by Gasteiger charge is -2.19. The maximum absolute atomic E-state index is 6.93. The summed E-state index contributed by atoms with van der Waals surface area (Å²) in [5, 5.41) is 2.50. The highest BCUT2D eigenvalue weighted by molar-refractivity contribution is 6.05. The topological polar surface area (TPSA) is 26.0 Å². The van der Waals surface area contributed by atoms with Gasteiger partial charge in [-0.25, -0.2) is 0 Å². The number of benzene rings is 5. The third-order valence-electron chi connectivity index (χ3n) is 6.29. The van der Waals surface area contributed by atoms with Gasteiger partial charge in [-0.05, 0) is 55.8 Å². The number of nitrogens with two attached hydrogens (primary N) is 1. The van der Waals surface area contributed by atoms with E-state index in [2.05, 4.69) is 103 Å². The zero-order valence-electron chi connectivity index (χ0n) is 16.6. The molecule has 0 fully saturated rings. The minimum atomic E-state index is 0.896. The third-order valence-corrected chi connectivity index (χ3v) is 6.29. The summed E-state index contributed by atoms with van der Waals surface area (Å²) in [5.41, 5.74) is 17.7. The van der Waals surface area contributed by atoms with E-state index in [9.17, 15) is 0 Å². The van der Waals surface area contributed by atoms with E-state index < -0.39 is 0 Å². The lowest BCUT2D eigenvalue weighted by atomic mass is 9.86. The van der Waals surface area contributed by atoms with Gasteiger partial charge in [0.15, 0.2) is 0 Å². The Labute approximate surface area is 176 Å². The fourth-order valence-electron chi connectivity index (χ4n) is 4.89. The molecular weight excluding hydrogens is 362 g/mol. The Kier molecular flexibility index (Phi) is 3.75. The van der Waals surface area contributed by atoms with Crippen molar-refractivity contribution < 1.29 is 0 Å². The van der Waals surface area contributed by atoms with E-state index in [0.717, 1.165) is 23.2 Å². The summed E-state index contributed by atoms with van der Waals surface area (Å²) in [6.07, 6.45) is 0.896. The van der Waals surface area contributed by atoms with E-state index in [-0.39, 0.29) is 0 Å². The molecule has 0 aromatic heterocycles. The maximum Gasteiger partial charge on any atom is 0.0442 e. The Morgan fingerprint density at radius 2 is 1.27 bits per heavy atom. The Morgan fingerprint density at radius 3 is 2.17 bits per heavy atom. The molecule has 0 amide bonds. The molecule has 5 aromatic rings. The predicted molar refractivity (Wildman–Crippen MR) is 127 cm³/mol. The standard InChI is InChI=1S/C29H21N/c30-29-27-17-21-12-5-7-15-23(21)25(27)18-26(28(29)20-10-2-1-3-11-20)24-16-8-13-19-9-4-6-14-22(19)24/h1-16,18H,17,30H2. The molecule has 30 heavy (non-hydrogen) atoms. The van der Waals surface area contributed by atoms with Crippen LogP contribution in [0, 0.1) is 0 Å². The van der Waals surface area contributed by atoms with Crippen molar-refractivity contribution in [2.75, 3.05) is 5.73 Å². The summed E-state index contributed by atoms with van der Waals surface area (Å²) in [4.78, 5) is 0. The molecule has 6 rings (SSSR count). The first kappa shape index (κ1) is 17.1. The van der Waals surface area contributed by atoms with E-state index in [1.54, 1.807) is 0 Å². The molecule has 0 bridgehead atoms. The second-order valence-electron chi connectivity index (χ2n) is 7.97. The van der Waals surface area contributed by atoms with Crippen LogP contribution < -0.4 is 5.73 Å². The van der Waals surface area contributed by atoms with Gasteiger partial charge in [-0.1, -0.05) is 97.1 Å². The number of rotatable bonds is 2. The molecule has 2 N–H and O–H groups in total. The molecule has 5 aromatic carbocycles. The molecule has 142 valence electrons. The molecule has 0 radical (unpaired) electrons. The van der Waals surface area contributed by atoms with E-state index in [4.69, 9.17) is 5.73 Å². The maximum atomic E-state index is 6.93. The van der Waals surface area contributed by atoms with Crippen LogP contribution in [0.2, 0.25) is 0 Å². The molecule has 0 saturated carbocycles. The van der Waals surface area contributed by atoms with Crippen LogP contribution in [0.5, 0.6) is 0 Å². The van der Waals surface area contributed by atoms with E-state index in [1.165, 1.54) is 44.2 Å². The molecule has 0 saturated heterocycles. The molecule has 0 spiro atoms. The third kappa shape index (κ3) is 2.49. The summed E-state index contributed by atoms with van der Waals surface area (Å²) < 4.78 is 0. The van der Waals surface area contributed by atoms with Gasteiger partial charge in [-0.2, -0.15) is 0 Å². The molecule has 1 nitrogen and oxygen atoms in total. The van der Waals surface area contributed by atoms with Crippen molar-refractivity contribution in [1.82, 2.24) is 0 Å². The normalized spacial score (nSPS) is 12.0. The Balaban J connectivity index is 1.73. The lowest BCUT2D eigenvalue weighted by molar-refractivity contribution is 1.27. The molecular formula is C29H21N. The van der Waals surface area contributed by atoms with E-state index >= 15 is 0 Å². The van der Waals surface area contributed by atoms with Crippen molar-refractivity contribution >= 4 is 16.5 Å². The van der Waals surface area contributed by atoms with Crippen molar-refractivity contribution in [3.63, 3.8) is 0 Å². The van der Waals surface area contributed by atoms with Crippen molar-refractivity contribution in [2.24, 2.45) is 0 Å². The first-order chi connectivity index (χ1) is 14.8. The highest BCUT2D eigenvalue weighted by Crippen LogP contribution is 2.48. The molecule has 0 heterocycles. The minimum Gasteiger partial charge on any atom is -0.398 e. The van der Waals surface area contributed by atoms with Crippen molar-refractivity contribution in [2.45, 2.75) is 6.42 Å². The number of anilines is 1. The van der Waals surface area contributed by atoms with Gasteiger partial charge in [0.05, 0.1) is 0 Å². The van der Waals surface area contributed by atoms with Crippen LogP contribution in [0.25, 0.3) is 44.2 Å². The quantitative estimate of drug-likeness (QED) is 0.311. The monoisotopic (exact) mass is 383 g/mol. The second-order valence-corrected chi connectivity index (χ2v) is 7.97. The van der Waals surface area contributed by atoms with E-state index in [0.29, 0.717) is 0 Å². The van der Waals surface area contributed by atoms with Crippen LogP contribution >= 0.6 is 0 Å². The molecule has 0 aliphatic heterocycles. The predicted octanol–water partition coefficient (Wildman–Crippen LogP) is 7.33. The number of hydrogen-bond acceptors (Lipinski definition) is 1. The molecule has 1 aliphatic rings. The lowest BCUT2D eigenvalue weighted by Crippen LogP contribution is -2.00. The first-order valence-corrected chi connectivity index (χ1v) is 10.4. The molecule has 1 heteroatoms. The fourth-order valence-corrected chi connectivity index (χ4v) is 4.89. The van der Waals surface area contributed by atoms with Gasteiger partial charge in [0.25, 0.3) is 0 Å². The summed E-state index contributed by atoms with van der Waals surface area (Å²) >= 11 is 0. The van der Waals surface area contributed by atoms with Crippen molar-refractivity contribution in [3.8, 4) is 33.4 Å². The Bertz CT molecular complexity index is 1410. The zero-order valence-corrected chi connectivity index (χ0v) is 16.6. The molecule has 0 unspecified atom stereocenters. The molecule has 1 aliphatic carbocycles. The number of fused-ring (bicyclic) bond motifs is 4. The van der Waals surface area contributed by atoms with Crippen LogP contribution in [0.3, 0.4) is 0 Å². The van der Waals surface area contributed by atoms with Crippen molar-refractivity contribution in [1.29, 1.82) is 0 Å². The molecule has 0 atom stereocenters. The summed E-state index contributed by atoms with van der Waals surface area (Å²) in [7, 11) is 0. The Morgan fingerprint density at radius 1 is 0.567 bits per heavy atom. The van der Waals surface area contributed by atoms with Crippen LogP contribution in [-0.2, 0) is 6.42 Å². The fraction of sp³-hybridized carbons (Fsp3) is 0.0345. The van der Waals surface area contributed by atoms with Gasteiger partial charge >= 0.3 is 0 Å². The largest absolute Gasteiger partial charge is 0.398 e. The summed E-state index contributed by atoms with van der Waals surface area (Å²) in [5.74, 6) is 0. The van der Waals surface area contributed by atoms with Gasteiger partial charge in [-0.15, -0.1) is 0 Å².